The summed E-state index contributed by atoms with van der Waals surface area (Å²) in [4.78, 5) is 32.9. The van der Waals surface area contributed by atoms with Crippen molar-refractivity contribution < 1.29 is 24.2 Å². The third kappa shape index (κ3) is 7.15. The van der Waals surface area contributed by atoms with Crippen LogP contribution in [0.15, 0.2) is 0 Å². The highest BCUT2D eigenvalue weighted by Gasteiger charge is 2.23. The zero-order valence-electron chi connectivity index (χ0n) is 9.99. The molecule has 0 aliphatic heterocycles. The van der Waals surface area contributed by atoms with E-state index >= 15 is 0 Å². The quantitative estimate of drug-likeness (QED) is 0.436. The number of nitrogens with one attached hydrogen (secondary N) is 2. The lowest BCUT2D eigenvalue weighted by molar-refractivity contribution is -0.147. The molecule has 0 heterocycles. The van der Waals surface area contributed by atoms with Crippen molar-refractivity contribution >= 4 is 18.0 Å². The molecule has 0 aromatic carbocycles. The normalized spacial score (nSPS) is 11.4. The summed E-state index contributed by atoms with van der Waals surface area (Å²) in [6, 6.07) is -1.88. The zero-order valence-corrected chi connectivity index (χ0v) is 9.99. The highest BCUT2D eigenvalue weighted by Crippen LogP contribution is 1.95. The van der Waals surface area contributed by atoms with E-state index in [0.29, 0.717) is 6.54 Å². The molecule has 7 nitrogen and oxygen atoms in total. The summed E-state index contributed by atoms with van der Waals surface area (Å²) >= 11 is 0. The average molecular weight is 246 g/mol. The van der Waals surface area contributed by atoms with Crippen molar-refractivity contribution in [3.8, 4) is 0 Å². The van der Waals surface area contributed by atoms with Gasteiger partial charge in [0.05, 0.1) is 13.5 Å². The molecule has 0 aromatic heterocycles. The lowest BCUT2D eigenvalue weighted by Crippen LogP contribution is -2.47. The van der Waals surface area contributed by atoms with Crippen molar-refractivity contribution in [1.29, 1.82) is 0 Å². The lowest BCUT2D eigenvalue weighted by Gasteiger charge is -2.13. The van der Waals surface area contributed by atoms with Crippen LogP contribution in [0.1, 0.15) is 26.2 Å². The van der Waals surface area contributed by atoms with E-state index in [9.17, 15) is 14.4 Å². The largest absolute Gasteiger partial charge is 0.480 e. The molecule has 0 rings (SSSR count). The molecule has 0 spiro atoms. The van der Waals surface area contributed by atoms with Crippen LogP contribution in [0, 0.1) is 0 Å². The van der Waals surface area contributed by atoms with Gasteiger partial charge in [0.15, 0.2) is 0 Å². The average Bonchev–Trinajstić information content (AvgIpc) is 2.28. The van der Waals surface area contributed by atoms with Crippen LogP contribution in [0.3, 0.4) is 0 Å². The first-order chi connectivity index (χ1) is 8.01. The molecular formula is C10H18N2O5. The van der Waals surface area contributed by atoms with Gasteiger partial charge < -0.3 is 20.5 Å². The Hall–Kier alpha value is -1.79. The second kappa shape index (κ2) is 8.37. The number of urea groups is 1. The highest BCUT2D eigenvalue weighted by atomic mass is 16.5. The van der Waals surface area contributed by atoms with Gasteiger partial charge in [0, 0.05) is 6.54 Å². The van der Waals surface area contributed by atoms with Gasteiger partial charge >= 0.3 is 18.0 Å². The number of hydrogen-bond acceptors (Lipinski definition) is 4. The van der Waals surface area contributed by atoms with Crippen LogP contribution in [0.2, 0.25) is 0 Å². The molecule has 0 radical (unpaired) electrons. The number of rotatable bonds is 7. The van der Waals surface area contributed by atoms with Gasteiger partial charge in [-0.15, -0.1) is 0 Å². The molecule has 0 aliphatic rings. The number of hydrogen-bond donors (Lipinski definition) is 3. The second-order valence-electron chi connectivity index (χ2n) is 3.42. The maximum atomic E-state index is 11.3. The summed E-state index contributed by atoms with van der Waals surface area (Å²) in [5, 5.41) is 13.5. The number of carboxylic acids is 1. The van der Waals surface area contributed by atoms with Crippen LogP contribution < -0.4 is 10.6 Å². The maximum absolute atomic E-state index is 11.3. The number of carbonyl (C=O) groups is 3. The fraction of sp³-hybridized carbons (Fsp3) is 0.700. The molecule has 0 unspecified atom stereocenters. The smallest absolute Gasteiger partial charge is 0.326 e. The Morgan fingerprint density at radius 2 is 2.00 bits per heavy atom. The minimum atomic E-state index is -1.28. The van der Waals surface area contributed by atoms with Crippen LogP contribution >= 0.6 is 0 Å². The van der Waals surface area contributed by atoms with E-state index in [4.69, 9.17) is 5.11 Å². The van der Waals surface area contributed by atoms with E-state index in [2.05, 4.69) is 15.4 Å². The molecule has 17 heavy (non-hydrogen) atoms. The number of carboxylic acid groups (broad SMARTS) is 1. The number of esters is 1. The number of methoxy groups -OCH3 is 1. The van der Waals surface area contributed by atoms with E-state index < -0.39 is 30.4 Å². The minimum Gasteiger partial charge on any atom is -0.480 e. The number of aliphatic carboxylic acids is 1. The van der Waals surface area contributed by atoms with Gasteiger partial charge in [-0.3, -0.25) is 4.79 Å². The van der Waals surface area contributed by atoms with Crippen LogP contribution in [0.5, 0.6) is 0 Å². The molecule has 3 N–H and O–H groups in total. The predicted molar refractivity (Wildman–Crippen MR) is 59.5 cm³/mol. The molecule has 0 fully saturated rings. The van der Waals surface area contributed by atoms with E-state index in [1.807, 2.05) is 6.92 Å². The predicted octanol–water partition coefficient (Wildman–Crippen LogP) is 0.102. The number of unbranched alkanes of at least 4 members (excludes halogenated alkanes) is 1. The number of amides is 2. The van der Waals surface area contributed by atoms with Gasteiger partial charge in [-0.25, -0.2) is 9.59 Å². The van der Waals surface area contributed by atoms with Crippen LogP contribution in [-0.2, 0) is 14.3 Å². The van der Waals surface area contributed by atoms with Gasteiger partial charge in [0.1, 0.15) is 6.04 Å². The van der Waals surface area contributed by atoms with E-state index in [-0.39, 0.29) is 0 Å². The molecular weight excluding hydrogens is 228 g/mol. The molecule has 1 atom stereocenters. The van der Waals surface area contributed by atoms with Crippen molar-refractivity contribution in [1.82, 2.24) is 10.6 Å². The Morgan fingerprint density at radius 3 is 2.47 bits per heavy atom. The van der Waals surface area contributed by atoms with E-state index in [1.165, 1.54) is 0 Å². The third-order valence-electron chi connectivity index (χ3n) is 2.02. The topological polar surface area (TPSA) is 105 Å². The Balaban J connectivity index is 4.11. The van der Waals surface area contributed by atoms with E-state index in [0.717, 1.165) is 20.0 Å². The fourth-order valence-corrected chi connectivity index (χ4v) is 1.04. The van der Waals surface area contributed by atoms with Crippen molar-refractivity contribution in [2.45, 2.75) is 32.2 Å². The van der Waals surface area contributed by atoms with Crippen LogP contribution in [0.25, 0.3) is 0 Å². The number of carbonyl (C=O) groups excluding carboxylic acids is 2. The summed E-state index contributed by atoms with van der Waals surface area (Å²) < 4.78 is 4.34. The summed E-state index contributed by atoms with van der Waals surface area (Å²) in [6.45, 7) is 2.43. The first-order valence-corrected chi connectivity index (χ1v) is 5.35. The molecule has 0 saturated carbocycles. The van der Waals surface area contributed by atoms with Crippen molar-refractivity contribution in [2.24, 2.45) is 0 Å². The first kappa shape index (κ1) is 15.2. The van der Waals surface area contributed by atoms with Gasteiger partial charge in [0.25, 0.3) is 0 Å². The van der Waals surface area contributed by atoms with Gasteiger partial charge in [-0.05, 0) is 6.42 Å². The monoisotopic (exact) mass is 246 g/mol. The Kier molecular flexibility index (Phi) is 7.49. The molecule has 0 aromatic rings. The SMILES string of the molecule is CCCCNC(=O)N[C@@H](CC(=O)OC)C(=O)O. The standard InChI is InChI=1S/C10H18N2O5/c1-3-4-5-11-10(16)12-7(9(14)15)6-8(13)17-2/h7H,3-6H2,1-2H3,(H,14,15)(H2,11,12,16)/t7-/m0/s1. The number of ether oxygens (including phenoxy) is 1. The fourth-order valence-electron chi connectivity index (χ4n) is 1.04. The zero-order chi connectivity index (χ0) is 13.3. The molecule has 7 heteroatoms. The van der Waals surface area contributed by atoms with Crippen LogP contribution in [0.4, 0.5) is 4.79 Å². The van der Waals surface area contributed by atoms with Crippen molar-refractivity contribution in [2.75, 3.05) is 13.7 Å². The Morgan fingerprint density at radius 1 is 1.35 bits per heavy atom. The third-order valence-corrected chi connectivity index (χ3v) is 2.02. The van der Waals surface area contributed by atoms with Gasteiger partial charge in [0.2, 0.25) is 0 Å². The van der Waals surface area contributed by atoms with Gasteiger partial charge in [-0.1, -0.05) is 13.3 Å². The second-order valence-corrected chi connectivity index (χ2v) is 3.42. The Bertz CT molecular complexity index is 280. The van der Waals surface area contributed by atoms with Crippen LogP contribution in [-0.4, -0.2) is 42.8 Å². The molecule has 98 valence electrons. The summed E-state index contributed by atoms with van der Waals surface area (Å²) in [5.74, 6) is -1.97. The Labute approximate surface area is 99.5 Å². The molecule has 2 amide bonds. The minimum absolute atomic E-state index is 0.396. The van der Waals surface area contributed by atoms with Crippen molar-refractivity contribution in [3.63, 3.8) is 0 Å². The van der Waals surface area contributed by atoms with Gasteiger partial charge in [-0.2, -0.15) is 0 Å². The molecule has 0 saturated heterocycles. The molecule has 0 bridgehead atoms. The van der Waals surface area contributed by atoms with Crippen molar-refractivity contribution in [3.05, 3.63) is 0 Å². The summed E-state index contributed by atoms with van der Waals surface area (Å²) in [6.07, 6.45) is 1.33. The summed E-state index contributed by atoms with van der Waals surface area (Å²) in [7, 11) is 1.16. The summed E-state index contributed by atoms with van der Waals surface area (Å²) in [5.41, 5.74) is 0. The maximum Gasteiger partial charge on any atom is 0.326 e. The van der Waals surface area contributed by atoms with E-state index in [1.54, 1.807) is 0 Å². The first-order valence-electron chi connectivity index (χ1n) is 5.35. The molecule has 0 aliphatic carbocycles. The highest BCUT2D eigenvalue weighted by molar-refractivity contribution is 5.86. The lowest BCUT2D eigenvalue weighted by atomic mass is 10.2.